The number of hydrogen-bond donors (Lipinski definition) is 1. The lowest BCUT2D eigenvalue weighted by atomic mass is 10.1. The van der Waals surface area contributed by atoms with Crippen LogP contribution in [0.1, 0.15) is 24.8 Å². The number of nitrogens with zero attached hydrogens (tertiary/aromatic N) is 1. The standard InChI is InChI=1S/C16H22F2N2O3/c1-19-8-7-15(21)20(12-4-5-12)10-11-3-6-13(23-16(17)18)14(9-11)22-2/h3,6,9,12,16,19H,4-5,7-8,10H2,1-2H3. The van der Waals surface area contributed by atoms with Crippen molar-refractivity contribution in [3.63, 3.8) is 0 Å². The van der Waals surface area contributed by atoms with Crippen molar-refractivity contribution in [2.45, 2.75) is 38.5 Å². The fourth-order valence-corrected chi connectivity index (χ4v) is 2.38. The molecule has 0 unspecified atom stereocenters. The third kappa shape index (κ3) is 5.06. The van der Waals surface area contributed by atoms with Crippen molar-refractivity contribution in [1.29, 1.82) is 0 Å². The molecule has 2 rings (SSSR count). The van der Waals surface area contributed by atoms with E-state index >= 15 is 0 Å². The molecule has 0 aliphatic heterocycles. The van der Waals surface area contributed by atoms with Crippen LogP contribution in [0, 0.1) is 0 Å². The lowest BCUT2D eigenvalue weighted by Crippen LogP contribution is -2.34. The van der Waals surface area contributed by atoms with Gasteiger partial charge >= 0.3 is 6.61 Å². The van der Waals surface area contributed by atoms with E-state index in [0.717, 1.165) is 18.4 Å². The molecule has 23 heavy (non-hydrogen) atoms. The summed E-state index contributed by atoms with van der Waals surface area (Å²) in [5, 5.41) is 2.97. The van der Waals surface area contributed by atoms with Crippen LogP contribution in [0.3, 0.4) is 0 Å². The Labute approximate surface area is 134 Å². The van der Waals surface area contributed by atoms with Gasteiger partial charge < -0.3 is 19.7 Å². The Balaban J connectivity index is 2.09. The maximum atomic E-state index is 12.3. The van der Waals surface area contributed by atoms with Gasteiger partial charge in [-0.1, -0.05) is 6.07 Å². The summed E-state index contributed by atoms with van der Waals surface area (Å²) in [5.41, 5.74) is 0.827. The lowest BCUT2D eigenvalue weighted by molar-refractivity contribution is -0.132. The molecule has 0 saturated heterocycles. The molecule has 1 aromatic rings. The zero-order valence-corrected chi connectivity index (χ0v) is 13.4. The summed E-state index contributed by atoms with van der Waals surface area (Å²) in [6.07, 6.45) is 2.46. The molecule has 0 radical (unpaired) electrons. The molecule has 128 valence electrons. The minimum absolute atomic E-state index is 0.00858. The van der Waals surface area contributed by atoms with Gasteiger partial charge in [0.25, 0.3) is 0 Å². The Morgan fingerprint density at radius 3 is 2.70 bits per heavy atom. The number of carbonyl (C=O) groups is 1. The number of nitrogens with one attached hydrogen (secondary N) is 1. The number of rotatable bonds is 9. The van der Waals surface area contributed by atoms with E-state index in [4.69, 9.17) is 4.74 Å². The van der Waals surface area contributed by atoms with Gasteiger partial charge in [0.1, 0.15) is 0 Å². The van der Waals surface area contributed by atoms with Crippen molar-refractivity contribution < 1.29 is 23.0 Å². The van der Waals surface area contributed by atoms with Crippen molar-refractivity contribution >= 4 is 5.91 Å². The summed E-state index contributed by atoms with van der Waals surface area (Å²) in [7, 11) is 3.20. The molecule has 1 aliphatic rings. The summed E-state index contributed by atoms with van der Waals surface area (Å²) < 4.78 is 34.2. The molecular formula is C16H22F2N2O3. The number of carbonyl (C=O) groups excluding carboxylic acids is 1. The Morgan fingerprint density at radius 1 is 1.39 bits per heavy atom. The first-order valence-electron chi connectivity index (χ1n) is 7.61. The molecule has 0 atom stereocenters. The van der Waals surface area contributed by atoms with Crippen LogP contribution in [0.25, 0.3) is 0 Å². The number of halogens is 2. The quantitative estimate of drug-likeness (QED) is 0.756. The average Bonchev–Trinajstić information content (AvgIpc) is 3.35. The van der Waals surface area contributed by atoms with E-state index in [1.54, 1.807) is 19.2 Å². The maximum absolute atomic E-state index is 12.3. The van der Waals surface area contributed by atoms with Crippen molar-refractivity contribution in [1.82, 2.24) is 10.2 Å². The largest absolute Gasteiger partial charge is 0.493 e. The molecule has 0 aromatic heterocycles. The van der Waals surface area contributed by atoms with Crippen LogP contribution in [0.2, 0.25) is 0 Å². The molecule has 1 N–H and O–H groups in total. The maximum Gasteiger partial charge on any atom is 0.387 e. The molecule has 7 heteroatoms. The molecule has 1 aliphatic carbocycles. The predicted molar refractivity (Wildman–Crippen MR) is 81.7 cm³/mol. The van der Waals surface area contributed by atoms with Gasteiger partial charge in [0, 0.05) is 25.6 Å². The van der Waals surface area contributed by atoms with Gasteiger partial charge in [-0.3, -0.25) is 4.79 Å². The van der Waals surface area contributed by atoms with Gasteiger partial charge in [0.05, 0.1) is 7.11 Å². The fourth-order valence-electron chi connectivity index (χ4n) is 2.38. The molecule has 1 fully saturated rings. The van der Waals surface area contributed by atoms with Crippen LogP contribution >= 0.6 is 0 Å². The van der Waals surface area contributed by atoms with Gasteiger partial charge in [-0.15, -0.1) is 0 Å². The van der Waals surface area contributed by atoms with Crippen molar-refractivity contribution in [2.24, 2.45) is 0 Å². The fraction of sp³-hybridized carbons (Fsp3) is 0.562. The van der Waals surface area contributed by atoms with E-state index in [2.05, 4.69) is 10.1 Å². The summed E-state index contributed by atoms with van der Waals surface area (Å²) >= 11 is 0. The van der Waals surface area contributed by atoms with E-state index in [9.17, 15) is 13.6 Å². The van der Waals surface area contributed by atoms with Gasteiger partial charge in [-0.2, -0.15) is 8.78 Å². The number of methoxy groups -OCH3 is 1. The van der Waals surface area contributed by atoms with E-state index in [1.165, 1.54) is 13.2 Å². The highest BCUT2D eigenvalue weighted by Crippen LogP contribution is 2.32. The normalized spacial score (nSPS) is 14.0. The Kier molecular flexibility index (Phi) is 6.15. The third-order valence-electron chi connectivity index (χ3n) is 3.69. The first kappa shape index (κ1) is 17.5. The molecule has 1 aromatic carbocycles. The highest BCUT2D eigenvalue weighted by molar-refractivity contribution is 5.77. The number of ether oxygens (including phenoxy) is 2. The monoisotopic (exact) mass is 328 g/mol. The number of benzene rings is 1. The topological polar surface area (TPSA) is 50.8 Å². The summed E-state index contributed by atoms with van der Waals surface area (Å²) in [5.74, 6) is 0.320. The lowest BCUT2D eigenvalue weighted by Gasteiger charge is -2.23. The van der Waals surface area contributed by atoms with Crippen LogP contribution in [-0.4, -0.2) is 44.2 Å². The van der Waals surface area contributed by atoms with Crippen LogP contribution < -0.4 is 14.8 Å². The van der Waals surface area contributed by atoms with Crippen LogP contribution in [0.4, 0.5) is 8.78 Å². The first-order chi connectivity index (χ1) is 11.0. The summed E-state index contributed by atoms with van der Waals surface area (Å²) in [4.78, 5) is 14.1. The second-order valence-corrected chi connectivity index (χ2v) is 5.47. The second-order valence-electron chi connectivity index (χ2n) is 5.47. The van der Waals surface area contributed by atoms with Crippen LogP contribution in [0.5, 0.6) is 11.5 Å². The Morgan fingerprint density at radius 2 is 2.13 bits per heavy atom. The molecule has 1 amide bonds. The van der Waals surface area contributed by atoms with Crippen LogP contribution in [-0.2, 0) is 11.3 Å². The Hall–Kier alpha value is -1.89. The molecule has 0 spiro atoms. The number of amides is 1. The molecule has 5 nitrogen and oxygen atoms in total. The Bertz CT molecular complexity index is 536. The SMILES string of the molecule is CNCCC(=O)N(Cc1ccc(OC(F)F)c(OC)c1)C1CC1. The van der Waals surface area contributed by atoms with E-state index in [-0.39, 0.29) is 23.4 Å². The summed E-state index contributed by atoms with van der Waals surface area (Å²) in [6.45, 7) is -1.83. The minimum Gasteiger partial charge on any atom is -0.493 e. The second kappa shape index (κ2) is 8.10. The average molecular weight is 328 g/mol. The smallest absolute Gasteiger partial charge is 0.387 e. The van der Waals surface area contributed by atoms with Gasteiger partial charge in [0.15, 0.2) is 11.5 Å². The van der Waals surface area contributed by atoms with Crippen molar-refractivity contribution in [3.05, 3.63) is 23.8 Å². The zero-order valence-electron chi connectivity index (χ0n) is 13.4. The van der Waals surface area contributed by atoms with E-state index in [0.29, 0.717) is 19.5 Å². The molecule has 1 saturated carbocycles. The molecular weight excluding hydrogens is 306 g/mol. The summed E-state index contributed by atoms with van der Waals surface area (Å²) in [6, 6.07) is 5.05. The van der Waals surface area contributed by atoms with Gasteiger partial charge in [-0.05, 0) is 37.6 Å². The highest BCUT2D eigenvalue weighted by atomic mass is 19.3. The van der Waals surface area contributed by atoms with Crippen LogP contribution in [0.15, 0.2) is 18.2 Å². The third-order valence-corrected chi connectivity index (χ3v) is 3.69. The predicted octanol–water partition coefficient (Wildman–Crippen LogP) is 2.40. The first-order valence-corrected chi connectivity index (χ1v) is 7.61. The van der Waals surface area contributed by atoms with Crippen molar-refractivity contribution in [3.8, 4) is 11.5 Å². The highest BCUT2D eigenvalue weighted by Gasteiger charge is 2.32. The molecule has 0 bridgehead atoms. The number of hydrogen-bond acceptors (Lipinski definition) is 4. The zero-order chi connectivity index (χ0) is 16.8. The minimum atomic E-state index is -2.90. The molecule has 0 heterocycles. The van der Waals surface area contributed by atoms with Gasteiger partial charge in [0.2, 0.25) is 5.91 Å². The van der Waals surface area contributed by atoms with Gasteiger partial charge in [-0.25, -0.2) is 0 Å². The van der Waals surface area contributed by atoms with E-state index in [1.807, 2.05) is 4.90 Å². The van der Waals surface area contributed by atoms with Crippen molar-refractivity contribution in [2.75, 3.05) is 20.7 Å². The number of alkyl halides is 2. The van der Waals surface area contributed by atoms with E-state index < -0.39 is 6.61 Å².